The van der Waals surface area contributed by atoms with Crippen LogP contribution in [0.5, 0.6) is 0 Å². The van der Waals surface area contributed by atoms with E-state index in [1.165, 1.54) is 22.5 Å². The standard InChI is InChI=1S/C22H20N4OS/c1-2-26-13-12-19(25-26)21(27)24-22-23-20(15-28-22)18-10-8-17(9-11-18)14-16-6-4-3-5-7-16/h3-13,15H,2,14H2,1H3,(H,23,24,27). The second kappa shape index (κ2) is 8.19. The summed E-state index contributed by atoms with van der Waals surface area (Å²) in [5.41, 5.74) is 4.82. The molecule has 0 atom stereocenters. The summed E-state index contributed by atoms with van der Waals surface area (Å²) in [7, 11) is 0. The van der Waals surface area contributed by atoms with Crippen LogP contribution >= 0.6 is 11.3 Å². The van der Waals surface area contributed by atoms with Gasteiger partial charge in [-0.1, -0.05) is 54.6 Å². The monoisotopic (exact) mass is 388 g/mol. The third kappa shape index (κ3) is 4.18. The van der Waals surface area contributed by atoms with E-state index in [2.05, 4.69) is 63.9 Å². The molecule has 1 N–H and O–H groups in total. The smallest absolute Gasteiger partial charge is 0.277 e. The Kier molecular flexibility index (Phi) is 5.30. The van der Waals surface area contributed by atoms with E-state index < -0.39 is 0 Å². The minimum atomic E-state index is -0.244. The zero-order chi connectivity index (χ0) is 19.3. The lowest BCUT2D eigenvalue weighted by molar-refractivity contribution is 0.102. The summed E-state index contributed by atoms with van der Waals surface area (Å²) in [6, 6.07) is 20.5. The SMILES string of the molecule is CCn1ccc(C(=O)Nc2nc(-c3ccc(Cc4ccccc4)cc3)cs2)n1. The number of benzene rings is 2. The zero-order valence-electron chi connectivity index (χ0n) is 15.5. The summed E-state index contributed by atoms with van der Waals surface area (Å²) in [5.74, 6) is -0.244. The minimum Gasteiger partial charge on any atom is -0.296 e. The molecule has 0 fully saturated rings. The Hall–Kier alpha value is -3.25. The van der Waals surface area contributed by atoms with Crippen molar-refractivity contribution in [3.05, 3.63) is 89.1 Å². The van der Waals surface area contributed by atoms with Crippen LogP contribution in [0.3, 0.4) is 0 Å². The summed E-state index contributed by atoms with van der Waals surface area (Å²) in [6.07, 6.45) is 2.70. The molecule has 2 aromatic carbocycles. The molecule has 28 heavy (non-hydrogen) atoms. The molecule has 4 aromatic rings. The number of aromatic nitrogens is 3. The number of hydrogen-bond donors (Lipinski definition) is 1. The first-order chi connectivity index (χ1) is 13.7. The van der Waals surface area contributed by atoms with Crippen LogP contribution in [-0.4, -0.2) is 20.7 Å². The van der Waals surface area contributed by atoms with Gasteiger partial charge in [0.1, 0.15) is 0 Å². The van der Waals surface area contributed by atoms with E-state index in [4.69, 9.17) is 0 Å². The molecule has 0 aliphatic carbocycles. The molecule has 0 unspecified atom stereocenters. The number of carbonyl (C=O) groups excluding carboxylic acids is 1. The number of aryl methyl sites for hydroxylation is 1. The van der Waals surface area contributed by atoms with Gasteiger partial charge in [-0.05, 0) is 30.5 Å². The van der Waals surface area contributed by atoms with Crippen molar-refractivity contribution in [1.29, 1.82) is 0 Å². The summed E-state index contributed by atoms with van der Waals surface area (Å²) in [5, 5.41) is 9.56. The molecule has 0 saturated heterocycles. The number of nitrogens with one attached hydrogen (secondary N) is 1. The number of nitrogens with zero attached hydrogens (tertiary/aromatic N) is 3. The Bertz CT molecular complexity index is 1070. The average molecular weight is 388 g/mol. The van der Waals surface area contributed by atoms with E-state index in [1.807, 2.05) is 18.4 Å². The van der Waals surface area contributed by atoms with E-state index in [1.54, 1.807) is 16.9 Å². The van der Waals surface area contributed by atoms with Crippen LogP contribution in [0.2, 0.25) is 0 Å². The molecule has 1 amide bonds. The molecule has 5 nitrogen and oxygen atoms in total. The largest absolute Gasteiger partial charge is 0.296 e. The summed E-state index contributed by atoms with van der Waals surface area (Å²) >= 11 is 1.41. The molecule has 6 heteroatoms. The fraction of sp³-hybridized carbons (Fsp3) is 0.136. The number of hydrogen-bond acceptors (Lipinski definition) is 4. The fourth-order valence-corrected chi connectivity index (χ4v) is 3.62. The van der Waals surface area contributed by atoms with Gasteiger partial charge in [-0.2, -0.15) is 5.10 Å². The quantitative estimate of drug-likeness (QED) is 0.513. The van der Waals surface area contributed by atoms with Crippen molar-refractivity contribution in [2.45, 2.75) is 19.9 Å². The fourth-order valence-electron chi connectivity index (χ4n) is 2.91. The number of thiazole rings is 1. The van der Waals surface area contributed by atoms with E-state index in [-0.39, 0.29) is 5.91 Å². The molecule has 0 aliphatic heterocycles. The van der Waals surface area contributed by atoms with Gasteiger partial charge in [0, 0.05) is 23.7 Å². The zero-order valence-corrected chi connectivity index (χ0v) is 16.3. The highest BCUT2D eigenvalue weighted by molar-refractivity contribution is 7.14. The Morgan fingerprint density at radius 2 is 1.79 bits per heavy atom. The molecule has 0 radical (unpaired) electrons. The van der Waals surface area contributed by atoms with Crippen molar-refractivity contribution in [2.75, 3.05) is 5.32 Å². The first kappa shape index (κ1) is 18.1. The predicted molar refractivity (Wildman–Crippen MR) is 113 cm³/mol. The maximum atomic E-state index is 12.3. The van der Waals surface area contributed by atoms with Gasteiger partial charge in [0.25, 0.3) is 5.91 Å². The van der Waals surface area contributed by atoms with Gasteiger partial charge < -0.3 is 0 Å². The van der Waals surface area contributed by atoms with E-state index in [0.29, 0.717) is 10.8 Å². The van der Waals surface area contributed by atoms with E-state index in [9.17, 15) is 4.79 Å². The highest BCUT2D eigenvalue weighted by Crippen LogP contribution is 2.26. The van der Waals surface area contributed by atoms with Gasteiger partial charge in [0.05, 0.1) is 5.69 Å². The lowest BCUT2D eigenvalue weighted by Crippen LogP contribution is -2.13. The molecule has 4 rings (SSSR count). The Balaban J connectivity index is 1.43. The first-order valence-corrected chi connectivity index (χ1v) is 10.0. The Morgan fingerprint density at radius 1 is 1.04 bits per heavy atom. The van der Waals surface area contributed by atoms with Crippen LogP contribution in [-0.2, 0) is 13.0 Å². The molecule has 2 aromatic heterocycles. The molecular weight excluding hydrogens is 368 g/mol. The number of rotatable bonds is 6. The topological polar surface area (TPSA) is 59.8 Å². The van der Waals surface area contributed by atoms with Crippen LogP contribution in [0.1, 0.15) is 28.5 Å². The van der Waals surface area contributed by atoms with Crippen LogP contribution in [0.4, 0.5) is 5.13 Å². The highest BCUT2D eigenvalue weighted by atomic mass is 32.1. The second-order valence-corrected chi connectivity index (χ2v) is 7.27. The van der Waals surface area contributed by atoms with Crippen molar-refractivity contribution in [3.63, 3.8) is 0 Å². The summed E-state index contributed by atoms with van der Waals surface area (Å²) in [6.45, 7) is 2.71. The van der Waals surface area contributed by atoms with Crippen LogP contribution in [0.25, 0.3) is 11.3 Å². The average Bonchev–Trinajstić information content (AvgIpc) is 3.39. The maximum absolute atomic E-state index is 12.3. The lowest BCUT2D eigenvalue weighted by atomic mass is 10.0. The molecule has 0 spiro atoms. The number of carbonyl (C=O) groups is 1. The lowest BCUT2D eigenvalue weighted by Gasteiger charge is -2.03. The van der Waals surface area contributed by atoms with Gasteiger partial charge in [-0.3, -0.25) is 14.8 Å². The molecule has 0 saturated carbocycles. The normalized spacial score (nSPS) is 10.8. The third-order valence-electron chi connectivity index (χ3n) is 4.42. The minimum absolute atomic E-state index is 0.244. The Labute approximate surface area is 167 Å². The highest BCUT2D eigenvalue weighted by Gasteiger charge is 2.12. The van der Waals surface area contributed by atoms with Gasteiger partial charge in [-0.15, -0.1) is 11.3 Å². The van der Waals surface area contributed by atoms with Crippen LogP contribution in [0.15, 0.2) is 72.2 Å². The van der Waals surface area contributed by atoms with Gasteiger partial charge in [-0.25, -0.2) is 4.98 Å². The molecule has 0 bridgehead atoms. The van der Waals surface area contributed by atoms with Crippen LogP contribution in [0, 0.1) is 0 Å². The number of anilines is 1. The Morgan fingerprint density at radius 3 is 2.50 bits per heavy atom. The summed E-state index contributed by atoms with van der Waals surface area (Å²) < 4.78 is 1.72. The summed E-state index contributed by atoms with van der Waals surface area (Å²) in [4.78, 5) is 16.8. The predicted octanol–water partition coefficient (Wildman–Crippen LogP) is 4.87. The van der Waals surface area contributed by atoms with Gasteiger partial charge in [0.2, 0.25) is 0 Å². The maximum Gasteiger partial charge on any atom is 0.277 e. The van der Waals surface area contributed by atoms with Crippen molar-refractivity contribution in [3.8, 4) is 11.3 Å². The number of amides is 1. The van der Waals surface area contributed by atoms with E-state index in [0.717, 1.165) is 24.2 Å². The van der Waals surface area contributed by atoms with Crippen molar-refractivity contribution >= 4 is 22.4 Å². The molecule has 0 aliphatic rings. The third-order valence-corrected chi connectivity index (χ3v) is 5.18. The molecular formula is C22H20N4OS. The van der Waals surface area contributed by atoms with Crippen LogP contribution < -0.4 is 5.32 Å². The van der Waals surface area contributed by atoms with Crippen molar-refractivity contribution in [1.82, 2.24) is 14.8 Å². The van der Waals surface area contributed by atoms with Crippen molar-refractivity contribution < 1.29 is 4.79 Å². The van der Waals surface area contributed by atoms with E-state index >= 15 is 0 Å². The van der Waals surface area contributed by atoms with Gasteiger partial charge in [0.15, 0.2) is 10.8 Å². The second-order valence-electron chi connectivity index (χ2n) is 6.41. The van der Waals surface area contributed by atoms with Crippen molar-refractivity contribution in [2.24, 2.45) is 0 Å². The molecule has 140 valence electrons. The molecule has 2 heterocycles. The first-order valence-electron chi connectivity index (χ1n) is 9.15. The van der Waals surface area contributed by atoms with Gasteiger partial charge >= 0.3 is 0 Å².